The van der Waals surface area contributed by atoms with Gasteiger partial charge in [0.05, 0.1) is 22.2 Å². The number of rotatable bonds is 2. The average Bonchev–Trinajstić information content (AvgIpc) is 3.36. The lowest BCUT2D eigenvalue weighted by Gasteiger charge is -2.12. The van der Waals surface area contributed by atoms with E-state index in [1.54, 1.807) is 0 Å². The summed E-state index contributed by atoms with van der Waals surface area (Å²) in [7, 11) is 0. The lowest BCUT2D eigenvalue weighted by atomic mass is 10.0. The van der Waals surface area contributed by atoms with Gasteiger partial charge in [-0.15, -0.1) is 0 Å². The summed E-state index contributed by atoms with van der Waals surface area (Å²) >= 11 is 0. The lowest BCUT2D eigenvalue weighted by molar-refractivity contribution is 1.01. The Hall–Kier alpha value is -5.54. The Labute approximate surface area is 235 Å². The van der Waals surface area contributed by atoms with Gasteiger partial charge in [0.15, 0.2) is 0 Å². The van der Waals surface area contributed by atoms with Crippen LogP contribution in [0, 0.1) is 0 Å². The molecule has 0 amide bonds. The maximum absolute atomic E-state index is 5.33. The molecule has 0 N–H and O–H groups in total. The van der Waals surface area contributed by atoms with Crippen molar-refractivity contribution >= 4 is 65.0 Å². The second kappa shape index (κ2) is 8.48. The predicted octanol–water partition coefficient (Wildman–Crippen LogP) is 9.85. The van der Waals surface area contributed by atoms with Crippen LogP contribution in [-0.2, 0) is 0 Å². The number of para-hydroxylation sites is 1. The van der Waals surface area contributed by atoms with Crippen molar-refractivity contribution in [2.24, 2.45) is 0 Å². The van der Waals surface area contributed by atoms with E-state index in [2.05, 4.69) is 144 Å². The molecule has 3 nitrogen and oxygen atoms in total. The molecule has 3 heteroatoms. The Morgan fingerprint density at radius 3 is 1.88 bits per heavy atom. The molecule has 0 aliphatic rings. The van der Waals surface area contributed by atoms with E-state index in [0.717, 1.165) is 33.2 Å². The number of benzene rings is 7. The lowest BCUT2D eigenvalue weighted by Crippen LogP contribution is -2.03. The summed E-state index contributed by atoms with van der Waals surface area (Å²) in [5, 5.41) is 10.8. The summed E-state index contributed by atoms with van der Waals surface area (Å²) in [5.41, 5.74) is 5.16. The SMILES string of the molecule is c1ccc2cc(-c3nc(-n4c5cc6ccccc6cc5c5c6ccccc6ccc54)nc4ccccc34)ccc2c1. The molecule has 41 heavy (non-hydrogen) atoms. The Kier molecular flexibility index (Phi) is 4.61. The van der Waals surface area contributed by atoms with Gasteiger partial charge in [-0.1, -0.05) is 109 Å². The van der Waals surface area contributed by atoms with Gasteiger partial charge in [0.2, 0.25) is 5.95 Å². The van der Waals surface area contributed by atoms with Crippen LogP contribution in [0.25, 0.3) is 82.2 Å². The van der Waals surface area contributed by atoms with Gasteiger partial charge < -0.3 is 0 Å². The van der Waals surface area contributed by atoms with E-state index in [-0.39, 0.29) is 0 Å². The minimum atomic E-state index is 0.678. The highest BCUT2D eigenvalue weighted by Gasteiger charge is 2.19. The Morgan fingerprint density at radius 1 is 0.415 bits per heavy atom. The summed E-state index contributed by atoms with van der Waals surface area (Å²) < 4.78 is 2.25. The Morgan fingerprint density at radius 2 is 1.05 bits per heavy atom. The van der Waals surface area contributed by atoms with E-state index in [9.17, 15) is 0 Å². The fourth-order valence-corrected chi connectivity index (χ4v) is 6.41. The molecule has 0 aliphatic carbocycles. The van der Waals surface area contributed by atoms with Crippen LogP contribution in [0.2, 0.25) is 0 Å². The summed E-state index contributed by atoms with van der Waals surface area (Å²) in [4.78, 5) is 10.5. The van der Waals surface area contributed by atoms with Crippen molar-refractivity contribution < 1.29 is 0 Å². The first-order valence-corrected chi connectivity index (χ1v) is 13.9. The highest BCUT2D eigenvalue weighted by atomic mass is 15.2. The molecule has 7 aromatic carbocycles. The Bertz CT molecular complexity index is 2490. The van der Waals surface area contributed by atoms with Gasteiger partial charge in [-0.2, -0.15) is 0 Å². The fraction of sp³-hybridized carbons (Fsp3) is 0. The maximum Gasteiger partial charge on any atom is 0.235 e. The first-order valence-electron chi connectivity index (χ1n) is 13.9. The minimum Gasteiger partial charge on any atom is -0.278 e. The molecular formula is C38H23N3. The molecule has 9 aromatic rings. The van der Waals surface area contributed by atoms with Crippen molar-refractivity contribution in [3.63, 3.8) is 0 Å². The van der Waals surface area contributed by atoms with E-state index >= 15 is 0 Å². The highest BCUT2D eigenvalue weighted by molar-refractivity contribution is 6.23. The topological polar surface area (TPSA) is 30.7 Å². The largest absolute Gasteiger partial charge is 0.278 e. The molecule has 0 spiro atoms. The zero-order valence-corrected chi connectivity index (χ0v) is 22.1. The molecule has 0 atom stereocenters. The van der Waals surface area contributed by atoms with Crippen LogP contribution in [-0.4, -0.2) is 14.5 Å². The standard InChI is InChI=1S/C38H23N3/c1-2-11-26-21-29(18-17-24(26)9-1)37-31-15-7-8-16-33(31)39-38(40-37)41-34-20-19-25-10-5-6-14-30(25)36(34)32-22-27-12-3-4-13-28(27)23-35(32)41/h1-23H. The molecule has 0 bridgehead atoms. The zero-order chi connectivity index (χ0) is 26.9. The molecular weight excluding hydrogens is 498 g/mol. The first kappa shape index (κ1) is 22.3. The van der Waals surface area contributed by atoms with Crippen LogP contribution in [0.1, 0.15) is 0 Å². The quantitative estimate of drug-likeness (QED) is 0.227. The van der Waals surface area contributed by atoms with Gasteiger partial charge in [-0.3, -0.25) is 4.57 Å². The van der Waals surface area contributed by atoms with Gasteiger partial charge in [-0.05, 0) is 62.6 Å². The normalized spacial score (nSPS) is 11.9. The second-order valence-corrected chi connectivity index (χ2v) is 10.7. The van der Waals surface area contributed by atoms with E-state index in [1.807, 2.05) is 0 Å². The molecule has 0 saturated carbocycles. The number of aromatic nitrogens is 3. The molecule has 0 saturated heterocycles. The molecule has 2 aromatic heterocycles. The number of fused-ring (bicyclic) bond motifs is 8. The van der Waals surface area contributed by atoms with Gasteiger partial charge in [0, 0.05) is 21.7 Å². The van der Waals surface area contributed by atoms with Crippen LogP contribution >= 0.6 is 0 Å². The first-order chi connectivity index (χ1) is 20.3. The number of hydrogen-bond acceptors (Lipinski definition) is 2. The van der Waals surface area contributed by atoms with E-state index in [4.69, 9.17) is 9.97 Å². The number of hydrogen-bond donors (Lipinski definition) is 0. The summed E-state index contributed by atoms with van der Waals surface area (Å²) in [6.45, 7) is 0. The van der Waals surface area contributed by atoms with Crippen molar-refractivity contribution in [3.05, 3.63) is 140 Å². The van der Waals surface area contributed by atoms with Gasteiger partial charge in [0.25, 0.3) is 0 Å². The van der Waals surface area contributed by atoms with Crippen LogP contribution in [0.5, 0.6) is 0 Å². The van der Waals surface area contributed by atoms with E-state index in [1.165, 1.54) is 43.1 Å². The highest BCUT2D eigenvalue weighted by Crippen LogP contribution is 2.39. The molecule has 2 heterocycles. The van der Waals surface area contributed by atoms with Crippen LogP contribution in [0.4, 0.5) is 0 Å². The average molecular weight is 522 g/mol. The molecule has 0 radical (unpaired) electrons. The summed E-state index contributed by atoms with van der Waals surface area (Å²) in [6, 6.07) is 49.6. The van der Waals surface area contributed by atoms with Gasteiger partial charge in [0.1, 0.15) is 0 Å². The van der Waals surface area contributed by atoms with Crippen molar-refractivity contribution in [1.29, 1.82) is 0 Å². The van der Waals surface area contributed by atoms with Crippen LogP contribution in [0.15, 0.2) is 140 Å². The predicted molar refractivity (Wildman–Crippen MR) is 172 cm³/mol. The third-order valence-corrected chi connectivity index (χ3v) is 8.34. The van der Waals surface area contributed by atoms with Crippen molar-refractivity contribution in [2.75, 3.05) is 0 Å². The summed E-state index contributed by atoms with van der Waals surface area (Å²) in [6.07, 6.45) is 0. The van der Waals surface area contributed by atoms with E-state index < -0.39 is 0 Å². The number of nitrogens with zero attached hydrogens (tertiary/aromatic N) is 3. The smallest absolute Gasteiger partial charge is 0.235 e. The van der Waals surface area contributed by atoms with Gasteiger partial charge in [-0.25, -0.2) is 9.97 Å². The molecule has 0 fully saturated rings. The molecule has 0 unspecified atom stereocenters. The van der Waals surface area contributed by atoms with Gasteiger partial charge >= 0.3 is 0 Å². The van der Waals surface area contributed by atoms with E-state index in [0.29, 0.717) is 5.95 Å². The Balaban J connectivity index is 1.43. The minimum absolute atomic E-state index is 0.678. The van der Waals surface area contributed by atoms with Crippen molar-refractivity contribution in [2.45, 2.75) is 0 Å². The van der Waals surface area contributed by atoms with Crippen LogP contribution in [0.3, 0.4) is 0 Å². The monoisotopic (exact) mass is 521 g/mol. The van der Waals surface area contributed by atoms with Crippen molar-refractivity contribution in [3.8, 4) is 17.2 Å². The summed E-state index contributed by atoms with van der Waals surface area (Å²) in [5.74, 6) is 0.678. The van der Waals surface area contributed by atoms with Crippen molar-refractivity contribution in [1.82, 2.24) is 14.5 Å². The molecule has 190 valence electrons. The third kappa shape index (κ3) is 3.33. The molecule has 0 aliphatic heterocycles. The second-order valence-electron chi connectivity index (χ2n) is 10.7. The molecule has 9 rings (SSSR count). The third-order valence-electron chi connectivity index (χ3n) is 8.34. The maximum atomic E-state index is 5.33. The zero-order valence-electron chi connectivity index (χ0n) is 22.1. The van der Waals surface area contributed by atoms with Crippen LogP contribution < -0.4 is 0 Å². The fourth-order valence-electron chi connectivity index (χ4n) is 6.41.